The molecule has 28 nitrogen and oxygen atoms in total. The van der Waals surface area contributed by atoms with Crippen molar-refractivity contribution in [2.24, 2.45) is 11.8 Å². The van der Waals surface area contributed by atoms with E-state index in [9.17, 15) is 45.3 Å². The van der Waals surface area contributed by atoms with E-state index in [-0.39, 0.29) is 24.6 Å². The van der Waals surface area contributed by atoms with Crippen LogP contribution in [0.4, 0.5) is 15.4 Å². The molecule has 9 heterocycles. The SMILES string of the molecule is CC.CC(C)C.COC1OC(Cn2cc(CNc3nc(C)c(C(C)C)s3)nn2)C(O)C(O)C1O.Cc1cn(CC(C)C)nn1.Cc1nc(NC(=O)c2ccccc2)sc1C(C)C.Cc1nc(NCc2cn(CC3OC(O)C(O)C(O)C3O)nn2)sc1C(C)C.O=c1ccc2ccccc2o1. The summed E-state index contributed by atoms with van der Waals surface area (Å²) in [7, 11) is 1.36. The van der Waals surface area contributed by atoms with Gasteiger partial charge in [0.2, 0.25) is 0 Å². The second kappa shape index (κ2) is 40.9. The van der Waals surface area contributed by atoms with E-state index in [1.807, 2.05) is 88.8 Å². The van der Waals surface area contributed by atoms with Crippen LogP contribution in [0.15, 0.2) is 94.5 Å². The van der Waals surface area contributed by atoms with Gasteiger partial charge < -0.3 is 65.0 Å². The number of benzene rings is 2. The van der Waals surface area contributed by atoms with Gasteiger partial charge in [0, 0.05) is 51.5 Å². The lowest BCUT2D eigenvalue weighted by atomic mass is 9.99. The van der Waals surface area contributed by atoms with Gasteiger partial charge >= 0.3 is 5.63 Å². The minimum absolute atomic E-state index is 0.0723. The van der Waals surface area contributed by atoms with Crippen LogP contribution >= 0.6 is 34.0 Å². The zero-order chi connectivity index (χ0) is 74.1. The first kappa shape index (κ1) is 83.3. The number of ether oxygens (including phenoxy) is 3. The van der Waals surface area contributed by atoms with Crippen molar-refractivity contribution >= 4 is 66.3 Å². The van der Waals surface area contributed by atoms with E-state index in [0.29, 0.717) is 64.4 Å². The molecule has 2 fully saturated rings. The Morgan fingerprint density at radius 2 is 1.00 bits per heavy atom. The monoisotopic (exact) mass is 1450 g/mol. The Kier molecular flexibility index (Phi) is 34.1. The number of nitrogens with zero attached hydrogens (tertiary/aromatic N) is 12. The number of hydrogen-bond donors (Lipinski definition) is 10. The third-order valence-electron chi connectivity index (χ3n) is 14.4. The van der Waals surface area contributed by atoms with Crippen LogP contribution in [0.25, 0.3) is 11.0 Å². The Labute approximate surface area is 596 Å². The largest absolute Gasteiger partial charge is 0.423 e. The average molecular weight is 1450 g/mol. The van der Waals surface area contributed by atoms with E-state index in [0.717, 1.165) is 50.9 Å². The molecule has 2 saturated heterocycles. The molecule has 0 aliphatic carbocycles. The summed E-state index contributed by atoms with van der Waals surface area (Å²) in [4.78, 5) is 39.8. The molecule has 1 amide bonds. The van der Waals surface area contributed by atoms with Gasteiger partial charge in [-0.2, -0.15) is 0 Å². The Bertz CT molecular complexity index is 3880. The molecule has 2 aliphatic heterocycles. The van der Waals surface area contributed by atoms with Crippen LogP contribution < -0.4 is 21.6 Å². The maximum absolute atomic E-state index is 12.0. The normalized spacial score (nSPS) is 20.1. The molecule has 10 atom stereocenters. The van der Waals surface area contributed by atoms with Gasteiger partial charge in [0.25, 0.3) is 5.91 Å². The quantitative estimate of drug-likeness (QED) is 0.0357. The summed E-state index contributed by atoms with van der Waals surface area (Å²) in [6.07, 6.45) is -7.27. The second-order valence-electron chi connectivity index (χ2n) is 25.5. The van der Waals surface area contributed by atoms with Crippen LogP contribution in [0.2, 0.25) is 0 Å². The Balaban J connectivity index is 0.000000231. The predicted molar refractivity (Wildman–Crippen MR) is 388 cm³/mol. The van der Waals surface area contributed by atoms with Crippen molar-refractivity contribution in [1.29, 1.82) is 0 Å². The number of amides is 1. The predicted octanol–water partition coefficient (Wildman–Crippen LogP) is 9.36. The number of aryl methyl sites for hydroxylation is 4. The summed E-state index contributed by atoms with van der Waals surface area (Å²) >= 11 is 4.79. The minimum atomic E-state index is -1.57. The van der Waals surface area contributed by atoms with Crippen molar-refractivity contribution in [2.75, 3.05) is 23.1 Å². The number of aliphatic hydroxyl groups excluding tert-OH is 7. The van der Waals surface area contributed by atoms with Crippen molar-refractivity contribution in [3.05, 3.63) is 150 Å². The first-order chi connectivity index (χ1) is 47.4. The minimum Gasteiger partial charge on any atom is -0.423 e. The van der Waals surface area contributed by atoms with Gasteiger partial charge in [0.05, 0.1) is 61.3 Å². The number of methoxy groups -OCH3 is 1. The number of para-hydroxylation sites is 1. The van der Waals surface area contributed by atoms with Crippen molar-refractivity contribution < 1.29 is 59.2 Å². The number of carbonyl (C=O) groups is 1. The van der Waals surface area contributed by atoms with Crippen LogP contribution in [0.3, 0.4) is 0 Å². The lowest BCUT2D eigenvalue weighted by Crippen LogP contribution is -2.58. The van der Waals surface area contributed by atoms with E-state index in [2.05, 4.69) is 138 Å². The molecule has 11 rings (SSSR count). The molecule has 0 radical (unpaired) electrons. The zero-order valence-electron chi connectivity index (χ0n) is 60.4. The molecule has 550 valence electrons. The zero-order valence-corrected chi connectivity index (χ0v) is 62.9. The van der Waals surface area contributed by atoms with Gasteiger partial charge in [-0.3, -0.25) is 14.8 Å². The van der Waals surface area contributed by atoms with Crippen LogP contribution in [0.5, 0.6) is 0 Å². The Morgan fingerprint density at radius 1 is 0.550 bits per heavy atom. The van der Waals surface area contributed by atoms with Crippen LogP contribution in [0.1, 0.15) is 167 Å². The molecule has 2 aliphatic rings. The summed E-state index contributed by atoms with van der Waals surface area (Å²) in [5.74, 6) is 2.65. The number of fused-ring (bicyclic) bond motifs is 1. The van der Waals surface area contributed by atoms with Gasteiger partial charge in [-0.1, -0.05) is 142 Å². The van der Waals surface area contributed by atoms with Gasteiger partial charge in [-0.15, -0.1) is 49.3 Å². The number of thiazole rings is 3. The average Bonchev–Trinajstić information content (AvgIpc) is 0.877. The fourth-order valence-corrected chi connectivity index (χ4v) is 12.6. The molecule has 2 aromatic carbocycles. The number of nitrogens with one attached hydrogen (secondary N) is 3. The Morgan fingerprint density at radius 3 is 1.46 bits per heavy atom. The fraction of sp³-hybridized carbons (Fsp3) is 0.551. The molecule has 9 aromatic rings. The summed E-state index contributed by atoms with van der Waals surface area (Å²) < 4.78 is 25.4. The second-order valence-corrected chi connectivity index (χ2v) is 28.6. The molecule has 31 heteroatoms. The fourth-order valence-electron chi connectivity index (χ4n) is 9.73. The van der Waals surface area contributed by atoms with Crippen LogP contribution in [-0.2, 0) is 46.9 Å². The maximum Gasteiger partial charge on any atom is 0.336 e. The third-order valence-corrected chi connectivity index (χ3v) is 18.6. The van der Waals surface area contributed by atoms with Crippen molar-refractivity contribution in [2.45, 2.75) is 230 Å². The number of aliphatic hydroxyl groups is 7. The molecule has 7 aromatic heterocycles. The molecule has 10 unspecified atom stereocenters. The first-order valence-corrected chi connectivity index (χ1v) is 35.9. The smallest absolute Gasteiger partial charge is 0.336 e. The highest BCUT2D eigenvalue weighted by Gasteiger charge is 2.45. The van der Waals surface area contributed by atoms with E-state index < -0.39 is 61.4 Å². The molecule has 0 spiro atoms. The molecule has 10 N–H and O–H groups in total. The summed E-state index contributed by atoms with van der Waals surface area (Å²) in [5.41, 5.74) is 6.39. The number of anilines is 3. The standard InChI is InChI=1S/C17H27N5O5S.C16H25N5O5S.C14H16N2OS.C9H6O2.C7H13N3.C4H10.C2H6/c1-8(2)15-9(3)19-17(28-15)18-5-10-6-22(21-20-10)7-11-12(23)13(24)14(25)16(26-4)27-11;1-7(2)14-8(3)18-16(27-14)17-4-9-5-21(20-19-9)6-10-11(22)12(23)13(24)15(25)26-10;1-9(2)12-10(3)15-14(18-12)16-13(17)11-7-5-4-6-8-11;10-9-6-5-7-3-1-2-4-8(7)11-9;1-6(2)4-10-5-7(3)8-9-10;1-4(2)3;1-2/h6,8,11-14,16,23-25H,5,7H2,1-4H3,(H,18,19);5,7,10-13,15,22-25H,4,6H2,1-3H3,(H,17,18);4-9H,1-3H3,(H,15,16,17);1-6H;5-6H,4H2,1-3H3;4H,1-3H3;1-2H3. The van der Waals surface area contributed by atoms with Gasteiger partial charge in [-0.25, -0.2) is 29.1 Å². The number of carbonyl (C=O) groups excluding carboxylic acids is 1. The van der Waals surface area contributed by atoms with Crippen molar-refractivity contribution in [1.82, 2.24) is 59.9 Å². The molecule has 100 heavy (non-hydrogen) atoms. The summed E-state index contributed by atoms with van der Waals surface area (Å²) in [6, 6.07) is 19.8. The topological polar surface area (TPSA) is 383 Å². The Hall–Kier alpha value is -7.37. The molecule has 0 bridgehead atoms. The van der Waals surface area contributed by atoms with E-state index in [4.69, 9.17) is 18.6 Å². The van der Waals surface area contributed by atoms with Gasteiger partial charge in [0.15, 0.2) is 28.0 Å². The van der Waals surface area contributed by atoms with Crippen molar-refractivity contribution in [3.8, 4) is 0 Å². The van der Waals surface area contributed by atoms with Crippen LogP contribution in [-0.4, -0.2) is 170 Å². The van der Waals surface area contributed by atoms with Crippen molar-refractivity contribution in [3.63, 3.8) is 0 Å². The van der Waals surface area contributed by atoms with E-state index in [1.54, 1.807) is 70.7 Å². The maximum atomic E-state index is 12.0. The summed E-state index contributed by atoms with van der Waals surface area (Å²) in [5, 5.41) is 105. The highest BCUT2D eigenvalue weighted by Crippen LogP contribution is 2.32. The highest BCUT2D eigenvalue weighted by atomic mass is 32.1. The summed E-state index contributed by atoms with van der Waals surface area (Å²) in [6.45, 7) is 37.6. The molecular formula is C69H103N15O13S3. The number of rotatable bonds is 18. The van der Waals surface area contributed by atoms with E-state index >= 15 is 0 Å². The molecular weight excluding hydrogens is 1340 g/mol. The lowest BCUT2D eigenvalue weighted by Gasteiger charge is -2.39. The van der Waals surface area contributed by atoms with Gasteiger partial charge in [0.1, 0.15) is 65.8 Å². The number of hydrogen-bond acceptors (Lipinski definition) is 27. The van der Waals surface area contributed by atoms with Gasteiger partial charge in [-0.05, 0) is 81.5 Å². The lowest BCUT2D eigenvalue weighted by molar-refractivity contribution is -0.292. The van der Waals surface area contributed by atoms with Crippen LogP contribution in [0, 0.1) is 39.5 Å². The first-order valence-electron chi connectivity index (χ1n) is 33.4. The number of aromatic nitrogens is 12. The third kappa shape index (κ3) is 25.9. The molecule has 0 saturated carbocycles. The highest BCUT2D eigenvalue weighted by molar-refractivity contribution is 7.16. The van der Waals surface area contributed by atoms with E-state index in [1.165, 1.54) is 37.2 Å².